The highest BCUT2D eigenvalue weighted by Crippen LogP contribution is 2.40. The van der Waals surface area contributed by atoms with E-state index in [0.29, 0.717) is 0 Å². The second kappa shape index (κ2) is 4.08. The Balaban J connectivity index is 1.80. The maximum absolute atomic E-state index is 2.49. The van der Waals surface area contributed by atoms with E-state index in [1.54, 1.807) is 22.3 Å². The van der Waals surface area contributed by atoms with Crippen LogP contribution in [0.25, 0.3) is 0 Å². The van der Waals surface area contributed by atoms with Crippen molar-refractivity contribution in [2.45, 2.75) is 51.9 Å². The van der Waals surface area contributed by atoms with E-state index in [2.05, 4.69) is 25.2 Å². The van der Waals surface area contributed by atoms with Crippen LogP contribution in [-0.4, -0.2) is 0 Å². The zero-order valence-electron chi connectivity index (χ0n) is 10.2. The topological polar surface area (TPSA) is 0 Å². The predicted molar refractivity (Wildman–Crippen MR) is 69.3 cm³/mol. The van der Waals surface area contributed by atoms with E-state index in [9.17, 15) is 0 Å². The Hall–Kier alpha value is -1.04. The molecular weight excluding hydrogens is 192 g/mol. The van der Waals surface area contributed by atoms with E-state index in [0.717, 1.165) is 0 Å². The molecule has 0 aliphatic heterocycles. The first-order valence-corrected chi connectivity index (χ1v) is 6.61. The van der Waals surface area contributed by atoms with Crippen LogP contribution in [0.3, 0.4) is 0 Å². The summed E-state index contributed by atoms with van der Waals surface area (Å²) in [5, 5.41) is 0. The van der Waals surface area contributed by atoms with Crippen LogP contribution in [0.5, 0.6) is 0 Å². The summed E-state index contributed by atoms with van der Waals surface area (Å²) < 4.78 is 0. The molecule has 0 bridgehead atoms. The third-order valence-electron chi connectivity index (χ3n) is 4.15. The van der Waals surface area contributed by atoms with E-state index >= 15 is 0 Å². The molecule has 0 nitrogen and oxygen atoms in total. The van der Waals surface area contributed by atoms with Crippen molar-refractivity contribution < 1.29 is 0 Å². The van der Waals surface area contributed by atoms with Crippen molar-refractivity contribution in [3.63, 3.8) is 0 Å². The summed E-state index contributed by atoms with van der Waals surface area (Å²) in [6, 6.07) is 0. The minimum Gasteiger partial charge on any atom is -0.0730 e. The average Bonchev–Trinajstić information content (AvgIpc) is 2.73. The third kappa shape index (κ3) is 1.81. The summed E-state index contributed by atoms with van der Waals surface area (Å²) in [5.41, 5.74) is 8.16. The van der Waals surface area contributed by atoms with Crippen molar-refractivity contribution in [1.29, 1.82) is 0 Å². The number of allylic oxidation sites excluding steroid dienone is 8. The molecule has 3 aliphatic rings. The third-order valence-corrected chi connectivity index (χ3v) is 4.15. The average molecular weight is 212 g/mol. The summed E-state index contributed by atoms with van der Waals surface area (Å²) in [5.74, 6) is 0. The summed E-state index contributed by atoms with van der Waals surface area (Å²) in [7, 11) is 0. The van der Waals surface area contributed by atoms with Gasteiger partial charge in [-0.2, -0.15) is 0 Å². The minimum absolute atomic E-state index is 1.26. The fourth-order valence-electron chi connectivity index (χ4n) is 3.07. The molecule has 0 spiro atoms. The summed E-state index contributed by atoms with van der Waals surface area (Å²) in [6.45, 7) is 2.24. The molecule has 0 heteroatoms. The van der Waals surface area contributed by atoms with Gasteiger partial charge in [0, 0.05) is 0 Å². The first kappa shape index (κ1) is 10.1. The fraction of sp³-hybridized carbons (Fsp3) is 0.500. The molecule has 16 heavy (non-hydrogen) atoms. The van der Waals surface area contributed by atoms with E-state index < -0.39 is 0 Å². The predicted octanol–water partition coefficient (Wildman–Crippen LogP) is 4.85. The van der Waals surface area contributed by atoms with Crippen molar-refractivity contribution in [2.75, 3.05) is 0 Å². The van der Waals surface area contributed by atoms with Gasteiger partial charge in [-0.3, -0.25) is 0 Å². The van der Waals surface area contributed by atoms with Crippen LogP contribution in [-0.2, 0) is 0 Å². The summed E-state index contributed by atoms with van der Waals surface area (Å²) in [4.78, 5) is 0. The lowest BCUT2D eigenvalue weighted by Gasteiger charge is -2.14. The second-order valence-corrected chi connectivity index (χ2v) is 5.39. The molecule has 0 fully saturated rings. The van der Waals surface area contributed by atoms with E-state index in [4.69, 9.17) is 0 Å². The normalized spacial score (nSPS) is 24.9. The van der Waals surface area contributed by atoms with Gasteiger partial charge in [-0.15, -0.1) is 0 Å². The lowest BCUT2D eigenvalue weighted by atomic mass is 9.91. The Labute approximate surface area is 98.4 Å². The standard InChI is InChI=1S/C16H20/c1-12-6-8-13(9-7-12)16-10-14-4-2-3-5-15(14)11-16/h6,8,10H,2-5,7,9,11H2,1H3. The molecule has 0 aromatic carbocycles. The summed E-state index contributed by atoms with van der Waals surface area (Å²) >= 11 is 0. The molecule has 0 saturated heterocycles. The van der Waals surface area contributed by atoms with Crippen LogP contribution >= 0.6 is 0 Å². The van der Waals surface area contributed by atoms with Crippen LogP contribution in [0, 0.1) is 0 Å². The molecule has 0 aromatic rings. The van der Waals surface area contributed by atoms with Gasteiger partial charge in [-0.1, -0.05) is 29.4 Å². The molecule has 0 unspecified atom stereocenters. The monoisotopic (exact) mass is 212 g/mol. The van der Waals surface area contributed by atoms with Crippen LogP contribution in [0.2, 0.25) is 0 Å². The zero-order chi connectivity index (χ0) is 11.0. The molecule has 3 rings (SSSR count). The zero-order valence-corrected chi connectivity index (χ0v) is 10.2. The molecule has 0 aromatic heterocycles. The highest BCUT2D eigenvalue weighted by Gasteiger charge is 2.21. The molecule has 0 saturated carbocycles. The molecule has 0 N–H and O–H groups in total. The Morgan fingerprint density at radius 2 is 1.75 bits per heavy atom. The van der Waals surface area contributed by atoms with Gasteiger partial charge in [-0.25, -0.2) is 0 Å². The van der Waals surface area contributed by atoms with Crippen molar-refractivity contribution in [1.82, 2.24) is 0 Å². The van der Waals surface area contributed by atoms with Gasteiger partial charge in [-0.05, 0) is 68.6 Å². The van der Waals surface area contributed by atoms with E-state index in [1.807, 2.05) is 0 Å². The van der Waals surface area contributed by atoms with Crippen LogP contribution < -0.4 is 0 Å². The first-order valence-electron chi connectivity index (χ1n) is 6.61. The molecule has 84 valence electrons. The van der Waals surface area contributed by atoms with Gasteiger partial charge in [0.05, 0.1) is 0 Å². The Bertz CT molecular complexity index is 427. The number of rotatable bonds is 1. The van der Waals surface area contributed by atoms with E-state index in [-0.39, 0.29) is 0 Å². The SMILES string of the molecule is CC1=CC=C(C2=CC3=C(CCCC3)C2)CC1. The smallest absolute Gasteiger partial charge is 0.00584 e. The molecule has 0 amide bonds. The van der Waals surface area contributed by atoms with Crippen molar-refractivity contribution in [2.24, 2.45) is 0 Å². The van der Waals surface area contributed by atoms with Crippen LogP contribution in [0.1, 0.15) is 51.9 Å². The van der Waals surface area contributed by atoms with Crippen LogP contribution in [0.4, 0.5) is 0 Å². The highest BCUT2D eigenvalue weighted by atomic mass is 14.3. The minimum atomic E-state index is 1.26. The molecule has 0 radical (unpaired) electrons. The molecule has 0 heterocycles. The van der Waals surface area contributed by atoms with Gasteiger partial charge in [0.25, 0.3) is 0 Å². The quantitative estimate of drug-likeness (QED) is 0.582. The van der Waals surface area contributed by atoms with E-state index in [1.165, 1.54) is 50.5 Å². The van der Waals surface area contributed by atoms with Crippen molar-refractivity contribution >= 4 is 0 Å². The van der Waals surface area contributed by atoms with Crippen molar-refractivity contribution in [3.05, 3.63) is 46.1 Å². The molecule has 0 atom stereocenters. The Kier molecular flexibility index (Phi) is 2.59. The van der Waals surface area contributed by atoms with Gasteiger partial charge < -0.3 is 0 Å². The molecular formula is C16H20. The van der Waals surface area contributed by atoms with Gasteiger partial charge in [0.15, 0.2) is 0 Å². The fourth-order valence-corrected chi connectivity index (χ4v) is 3.07. The Morgan fingerprint density at radius 1 is 0.875 bits per heavy atom. The van der Waals surface area contributed by atoms with Gasteiger partial charge in [0.1, 0.15) is 0 Å². The van der Waals surface area contributed by atoms with Crippen molar-refractivity contribution in [3.8, 4) is 0 Å². The number of hydrogen-bond acceptors (Lipinski definition) is 0. The van der Waals surface area contributed by atoms with Crippen LogP contribution in [0.15, 0.2) is 46.1 Å². The lowest BCUT2D eigenvalue weighted by Crippen LogP contribution is -1.95. The first-order chi connectivity index (χ1) is 7.83. The highest BCUT2D eigenvalue weighted by molar-refractivity contribution is 5.50. The summed E-state index contributed by atoms with van der Waals surface area (Å²) in [6.07, 6.45) is 16.4. The lowest BCUT2D eigenvalue weighted by molar-refractivity contribution is 0.679. The maximum Gasteiger partial charge on any atom is -0.00584 e. The Morgan fingerprint density at radius 3 is 2.50 bits per heavy atom. The second-order valence-electron chi connectivity index (χ2n) is 5.39. The molecule has 3 aliphatic carbocycles. The van der Waals surface area contributed by atoms with Gasteiger partial charge in [0.2, 0.25) is 0 Å². The largest absolute Gasteiger partial charge is 0.0730 e. The van der Waals surface area contributed by atoms with Gasteiger partial charge >= 0.3 is 0 Å². The number of hydrogen-bond donors (Lipinski definition) is 0. The maximum atomic E-state index is 2.49.